The summed E-state index contributed by atoms with van der Waals surface area (Å²) < 4.78 is -3.87. The zero-order valence-electron chi connectivity index (χ0n) is 6.48. The van der Waals surface area contributed by atoms with E-state index in [4.69, 9.17) is 69.6 Å². The van der Waals surface area contributed by atoms with E-state index in [0.29, 0.717) is 0 Å². The molecule has 15 heavy (non-hydrogen) atoms. The van der Waals surface area contributed by atoms with Gasteiger partial charge in [-0.3, -0.25) is 9.59 Å². The largest absolute Gasteiger partial charge is 0.294 e. The van der Waals surface area contributed by atoms with Crippen LogP contribution in [0.5, 0.6) is 0 Å². The van der Waals surface area contributed by atoms with Gasteiger partial charge in [-0.2, -0.15) is 9.98 Å². The lowest BCUT2D eigenvalue weighted by Crippen LogP contribution is -2.33. The number of hydrogen-bond acceptors (Lipinski definition) is 2. The lowest BCUT2D eigenvalue weighted by Gasteiger charge is -2.09. The summed E-state index contributed by atoms with van der Waals surface area (Å²) >= 11 is 31.0. The van der Waals surface area contributed by atoms with Gasteiger partial charge in [-0.25, -0.2) is 0 Å². The van der Waals surface area contributed by atoms with E-state index in [1.807, 2.05) is 0 Å². The fourth-order valence-corrected chi connectivity index (χ4v) is 0.861. The molecule has 0 spiro atoms. The molecule has 4 nitrogen and oxygen atoms in total. The average molecular weight is 333 g/mol. The summed E-state index contributed by atoms with van der Waals surface area (Å²) in [4.78, 5) is 28.1. The van der Waals surface area contributed by atoms with E-state index in [2.05, 4.69) is 9.98 Å². The number of amides is 2. The van der Waals surface area contributed by atoms with Crippen molar-refractivity contribution in [2.45, 2.75) is 4.33 Å². The van der Waals surface area contributed by atoms with Crippen molar-refractivity contribution in [2.24, 2.45) is 9.98 Å². The van der Waals surface area contributed by atoms with Crippen LogP contribution >= 0.6 is 69.6 Å². The van der Waals surface area contributed by atoms with Crippen molar-refractivity contribution in [3.05, 3.63) is 0 Å². The molecule has 10 heteroatoms. The third kappa shape index (κ3) is 5.33. The molecule has 0 N–H and O–H groups in total. The van der Waals surface area contributed by atoms with Crippen LogP contribution in [0.25, 0.3) is 0 Å². The number of rotatable bonds is 2. The van der Waals surface area contributed by atoms with Crippen molar-refractivity contribution < 1.29 is 9.59 Å². The average Bonchev–Trinajstić information content (AvgIpc) is 2.01. The lowest BCUT2D eigenvalue weighted by molar-refractivity contribution is -0.126. The monoisotopic (exact) mass is 330 g/mol. The number of carbonyl (C=O) groups excluding carboxylic acids is 2. The zero-order valence-corrected chi connectivity index (χ0v) is 11.0. The summed E-state index contributed by atoms with van der Waals surface area (Å²) in [5.74, 6) is -2.59. The molecule has 0 atom stereocenters. The van der Waals surface area contributed by atoms with Gasteiger partial charge in [0.2, 0.25) is 0 Å². The first kappa shape index (κ1) is 15.4. The molecule has 0 aliphatic rings. The maximum Gasteiger partial charge on any atom is 0.294 e. The number of carbonyl (C=O) groups is 2. The van der Waals surface area contributed by atoms with Gasteiger partial charge in [0, 0.05) is 0 Å². The van der Waals surface area contributed by atoms with Gasteiger partial charge in [-0.1, -0.05) is 23.2 Å². The van der Waals surface area contributed by atoms with Crippen molar-refractivity contribution in [3.63, 3.8) is 0 Å². The SMILES string of the molecule is O=C(N=C(Cl)Cl)C(Cl)(Cl)C(=O)N=C(Cl)Cl. The van der Waals surface area contributed by atoms with E-state index in [9.17, 15) is 9.59 Å². The van der Waals surface area contributed by atoms with Gasteiger partial charge in [-0.05, 0) is 46.4 Å². The Kier molecular flexibility index (Phi) is 6.40. The van der Waals surface area contributed by atoms with Crippen molar-refractivity contribution in [3.8, 4) is 0 Å². The second-order valence-electron chi connectivity index (χ2n) is 1.89. The highest BCUT2D eigenvalue weighted by molar-refractivity contribution is 6.96. The lowest BCUT2D eigenvalue weighted by atomic mass is 10.4. The molecule has 0 aliphatic carbocycles. The number of hydrogen-bond donors (Lipinski definition) is 0. The van der Waals surface area contributed by atoms with E-state index in [0.717, 1.165) is 0 Å². The van der Waals surface area contributed by atoms with E-state index in [-0.39, 0.29) is 0 Å². The van der Waals surface area contributed by atoms with E-state index >= 15 is 0 Å². The molecule has 0 heterocycles. The van der Waals surface area contributed by atoms with Crippen LogP contribution in [0, 0.1) is 0 Å². The van der Waals surface area contributed by atoms with Crippen molar-refractivity contribution in [1.29, 1.82) is 0 Å². The molecule has 0 saturated heterocycles. The fourth-order valence-electron chi connectivity index (χ4n) is 0.385. The van der Waals surface area contributed by atoms with Crippen LogP contribution in [0.1, 0.15) is 0 Å². The minimum Gasteiger partial charge on any atom is -0.268 e. The molecular formula is C5Cl6N2O2. The van der Waals surface area contributed by atoms with Crippen LogP contribution < -0.4 is 0 Å². The van der Waals surface area contributed by atoms with Crippen LogP contribution in [0.2, 0.25) is 0 Å². The quantitative estimate of drug-likeness (QED) is 0.443. The first-order valence-corrected chi connectivity index (χ1v) is 5.20. The summed E-state index contributed by atoms with van der Waals surface area (Å²) in [6.45, 7) is 0. The topological polar surface area (TPSA) is 58.9 Å². The summed E-state index contributed by atoms with van der Waals surface area (Å²) in [5.41, 5.74) is 0. The fraction of sp³-hybridized carbons (Fsp3) is 0.200. The third-order valence-corrected chi connectivity index (χ3v) is 1.89. The highest BCUT2D eigenvalue weighted by Crippen LogP contribution is 2.25. The molecule has 2 amide bonds. The third-order valence-electron chi connectivity index (χ3n) is 0.909. The Balaban J connectivity index is 4.99. The minimum absolute atomic E-state index is 0.653. The standard InChI is InChI=1S/C5Cl6N2O2/c6-3(7)12-1(14)5(10,11)2(15)13-4(8)9. The molecule has 0 rings (SSSR count). The van der Waals surface area contributed by atoms with Gasteiger partial charge >= 0.3 is 0 Å². The second-order valence-corrected chi connectivity index (χ2v) is 5.04. The van der Waals surface area contributed by atoms with Crippen molar-refractivity contribution in [2.75, 3.05) is 0 Å². The predicted molar refractivity (Wildman–Crippen MR) is 62.7 cm³/mol. The van der Waals surface area contributed by atoms with Crippen molar-refractivity contribution in [1.82, 2.24) is 0 Å². The van der Waals surface area contributed by atoms with Crippen LogP contribution in [-0.4, -0.2) is 25.4 Å². The number of alkyl halides is 2. The maximum absolute atomic E-state index is 11.1. The van der Waals surface area contributed by atoms with Crippen LogP contribution in [0.3, 0.4) is 0 Å². The smallest absolute Gasteiger partial charge is 0.268 e. The second kappa shape index (κ2) is 6.23. The maximum atomic E-state index is 11.1. The minimum atomic E-state index is -2.57. The Morgan fingerprint density at radius 2 is 1.07 bits per heavy atom. The molecule has 0 aromatic rings. The van der Waals surface area contributed by atoms with Crippen LogP contribution in [0.4, 0.5) is 0 Å². The molecule has 0 aromatic heterocycles. The van der Waals surface area contributed by atoms with Gasteiger partial charge in [0.15, 0.2) is 9.26 Å². The Morgan fingerprint density at radius 1 is 0.800 bits per heavy atom. The molecule has 0 aliphatic heterocycles. The molecule has 0 bridgehead atoms. The van der Waals surface area contributed by atoms with Crippen molar-refractivity contribution >= 4 is 90.7 Å². The Hall–Kier alpha value is 0.420. The van der Waals surface area contributed by atoms with Crippen LogP contribution in [0.15, 0.2) is 9.98 Å². The van der Waals surface area contributed by atoms with Gasteiger partial charge in [-0.15, -0.1) is 0 Å². The molecule has 0 radical (unpaired) electrons. The summed E-state index contributed by atoms with van der Waals surface area (Å²) in [5, 5.41) is 0. The summed E-state index contributed by atoms with van der Waals surface area (Å²) in [7, 11) is 0. The Labute approximate surface area is 114 Å². The highest BCUT2D eigenvalue weighted by atomic mass is 35.5. The van der Waals surface area contributed by atoms with Crippen LogP contribution in [-0.2, 0) is 9.59 Å². The predicted octanol–water partition coefficient (Wildman–Crippen LogP) is 2.88. The molecule has 0 aromatic carbocycles. The number of aliphatic imine (C=N–C) groups is 2. The number of nitrogens with zero attached hydrogens (tertiary/aromatic N) is 2. The zero-order chi connectivity index (χ0) is 12.2. The number of halogens is 6. The Morgan fingerprint density at radius 3 is 1.27 bits per heavy atom. The molecule has 0 fully saturated rings. The van der Waals surface area contributed by atoms with Gasteiger partial charge in [0.05, 0.1) is 0 Å². The normalized spacial score (nSPS) is 10.5. The van der Waals surface area contributed by atoms with E-state index < -0.39 is 25.4 Å². The van der Waals surface area contributed by atoms with Gasteiger partial charge in [0.1, 0.15) is 0 Å². The van der Waals surface area contributed by atoms with E-state index in [1.54, 1.807) is 0 Å². The summed E-state index contributed by atoms with van der Waals surface area (Å²) in [6.07, 6.45) is 0. The first-order chi connectivity index (χ1) is 6.67. The van der Waals surface area contributed by atoms with E-state index in [1.165, 1.54) is 0 Å². The molecule has 0 unspecified atom stereocenters. The summed E-state index contributed by atoms with van der Waals surface area (Å²) in [6, 6.07) is 0. The van der Waals surface area contributed by atoms with Gasteiger partial charge in [0.25, 0.3) is 16.1 Å². The first-order valence-electron chi connectivity index (χ1n) is 2.94. The molecular weight excluding hydrogens is 333 g/mol. The Bertz CT molecular complexity index is 309. The highest BCUT2D eigenvalue weighted by Gasteiger charge is 2.42. The molecule has 0 saturated carbocycles. The molecule has 84 valence electrons. The van der Waals surface area contributed by atoms with Gasteiger partial charge < -0.3 is 0 Å².